The smallest absolute Gasteiger partial charge is 0.237 e. The van der Waals surface area contributed by atoms with Crippen LogP contribution < -0.4 is 10.5 Å². The van der Waals surface area contributed by atoms with Gasteiger partial charge in [-0.15, -0.1) is 0 Å². The van der Waals surface area contributed by atoms with Crippen LogP contribution in [0.25, 0.3) is 11.0 Å². The Morgan fingerprint density at radius 3 is 2.74 bits per heavy atom. The molecule has 7 nitrogen and oxygen atoms in total. The molecule has 0 atom stereocenters. The lowest BCUT2D eigenvalue weighted by atomic mass is 10.1. The van der Waals surface area contributed by atoms with E-state index in [1.807, 2.05) is 6.07 Å². The van der Waals surface area contributed by atoms with Gasteiger partial charge in [0.2, 0.25) is 11.8 Å². The van der Waals surface area contributed by atoms with Crippen LogP contribution in [0, 0.1) is 0 Å². The number of benzene rings is 1. The monoisotopic (exact) mass is 320 g/mol. The van der Waals surface area contributed by atoms with Crippen LogP contribution in [0.15, 0.2) is 28.9 Å². The van der Waals surface area contributed by atoms with Gasteiger partial charge >= 0.3 is 0 Å². The van der Waals surface area contributed by atoms with Crippen LogP contribution in [0.2, 0.25) is 0 Å². The van der Waals surface area contributed by atoms with E-state index < -0.39 is 5.91 Å². The summed E-state index contributed by atoms with van der Waals surface area (Å²) >= 11 is 0. The van der Waals surface area contributed by atoms with Crippen LogP contribution in [-0.2, 0) is 20.7 Å². The maximum Gasteiger partial charge on any atom is 0.237 e. The van der Waals surface area contributed by atoms with Crippen LogP contribution in [0.5, 0.6) is 5.75 Å². The first-order valence-corrected chi connectivity index (χ1v) is 7.14. The molecule has 0 fully saturated rings. The number of hydrogen-bond donors (Lipinski definition) is 1. The number of carbonyl (C=O) groups is 2. The Morgan fingerprint density at radius 1 is 1.30 bits per heavy atom. The lowest BCUT2D eigenvalue weighted by Gasteiger charge is -2.20. The Morgan fingerprint density at radius 2 is 2.09 bits per heavy atom. The van der Waals surface area contributed by atoms with Crippen LogP contribution in [0.3, 0.4) is 0 Å². The summed E-state index contributed by atoms with van der Waals surface area (Å²) in [7, 11) is 3.11. The quantitative estimate of drug-likeness (QED) is 0.781. The highest BCUT2D eigenvalue weighted by Crippen LogP contribution is 2.26. The SMILES string of the molecule is COCCN(CC(N)=O)C(=O)Cc1coc2cc(OC)ccc12. The fourth-order valence-corrected chi connectivity index (χ4v) is 2.28. The largest absolute Gasteiger partial charge is 0.497 e. The van der Waals surface area contributed by atoms with Gasteiger partial charge in [-0.05, 0) is 12.1 Å². The van der Waals surface area contributed by atoms with Crippen LogP contribution in [-0.4, -0.2) is 50.6 Å². The molecule has 0 spiro atoms. The average Bonchev–Trinajstić information content (AvgIpc) is 2.93. The molecule has 0 aliphatic heterocycles. The first-order valence-electron chi connectivity index (χ1n) is 7.14. The molecule has 0 radical (unpaired) electrons. The molecule has 7 heteroatoms. The number of furan rings is 1. The van der Waals surface area contributed by atoms with Crippen LogP contribution >= 0.6 is 0 Å². The number of rotatable bonds is 8. The van der Waals surface area contributed by atoms with E-state index in [0.717, 1.165) is 10.9 Å². The van der Waals surface area contributed by atoms with E-state index >= 15 is 0 Å². The molecule has 0 aliphatic carbocycles. The molecule has 0 aliphatic rings. The second kappa shape index (κ2) is 7.64. The molecule has 2 rings (SSSR count). The molecule has 0 unspecified atom stereocenters. The Labute approximate surface area is 133 Å². The third kappa shape index (κ3) is 4.23. The van der Waals surface area contributed by atoms with E-state index in [1.165, 1.54) is 12.0 Å². The minimum atomic E-state index is -0.559. The number of fused-ring (bicyclic) bond motifs is 1. The second-order valence-electron chi connectivity index (χ2n) is 5.07. The zero-order valence-electron chi connectivity index (χ0n) is 13.2. The van der Waals surface area contributed by atoms with Crippen molar-refractivity contribution in [1.82, 2.24) is 4.90 Å². The molecule has 1 aromatic heterocycles. The Hall–Kier alpha value is -2.54. The maximum absolute atomic E-state index is 12.4. The maximum atomic E-state index is 12.4. The summed E-state index contributed by atoms with van der Waals surface area (Å²) in [5.74, 6) is -0.0872. The molecule has 2 N–H and O–H groups in total. The van der Waals surface area contributed by atoms with Crippen molar-refractivity contribution < 1.29 is 23.5 Å². The van der Waals surface area contributed by atoms with Gasteiger partial charge in [0.1, 0.15) is 11.3 Å². The van der Waals surface area contributed by atoms with E-state index in [0.29, 0.717) is 24.5 Å². The van der Waals surface area contributed by atoms with Crippen molar-refractivity contribution in [3.05, 3.63) is 30.0 Å². The topological polar surface area (TPSA) is 95.0 Å². The fourth-order valence-electron chi connectivity index (χ4n) is 2.28. The van der Waals surface area contributed by atoms with Gasteiger partial charge in [-0.2, -0.15) is 0 Å². The molecule has 2 amide bonds. The van der Waals surface area contributed by atoms with E-state index in [4.69, 9.17) is 19.6 Å². The van der Waals surface area contributed by atoms with Crippen molar-refractivity contribution in [2.45, 2.75) is 6.42 Å². The van der Waals surface area contributed by atoms with Gasteiger partial charge in [-0.1, -0.05) is 0 Å². The van der Waals surface area contributed by atoms with Gasteiger partial charge in [0.25, 0.3) is 0 Å². The first-order chi connectivity index (χ1) is 11.0. The van der Waals surface area contributed by atoms with Crippen LogP contribution in [0.1, 0.15) is 5.56 Å². The number of amides is 2. The van der Waals surface area contributed by atoms with Crippen LogP contribution in [0.4, 0.5) is 0 Å². The zero-order valence-corrected chi connectivity index (χ0v) is 13.2. The highest BCUT2D eigenvalue weighted by atomic mass is 16.5. The third-order valence-electron chi connectivity index (χ3n) is 3.47. The minimum Gasteiger partial charge on any atom is -0.497 e. The lowest BCUT2D eigenvalue weighted by Crippen LogP contribution is -2.41. The van der Waals surface area contributed by atoms with Crippen molar-refractivity contribution in [2.75, 3.05) is 33.9 Å². The molecule has 23 heavy (non-hydrogen) atoms. The minimum absolute atomic E-state index is 0.121. The fraction of sp³-hybridized carbons (Fsp3) is 0.375. The highest BCUT2D eigenvalue weighted by Gasteiger charge is 2.18. The number of primary amides is 1. The molecule has 0 saturated carbocycles. The van der Waals surface area contributed by atoms with Gasteiger partial charge in [0, 0.05) is 30.7 Å². The van der Waals surface area contributed by atoms with E-state index in [2.05, 4.69) is 0 Å². The van der Waals surface area contributed by atoms with E-state index in [9.17, 15) is 9.59 Å². The number of ether oxygens (including phenoxy) is 2. The molecule has 124 valence electrons. The molecule has 1 aromatic carbocycles. The van der Waals surface area contributed by atoms with Crippen molar-refractivity contribution in [3.8, 4) is 5.75 Å². The van der Waals surface area contributed by atoms with E-state index in [-0.39, 0.29) is 18.9 Å². The Bertz CT molecular complexity index is 695. The Kier molecular flexibility index (Phi) is 5.59. The van der Waals surface area contributed by atoms with Crippen molar-refractivity contribution in [2.24, 2.45) is 5.73 Å². The predicted octanol–water partition coefficient (Wildman–Crippen LogP) is 0.944. The Balaban J connectivity index is 2.15. The zero-order chi connectivity index (χ0) is 16.8. The second-order valence-corrected chi connectivity index (χ2v) is 5.07. The number of hydrogen-bond acceptors (Lipinski definition) is 5. The standard InChI is InChI=1S/C16H20N2O5/c1-21-6-5-18(9-15(17)19)16(20)7-11-10-23-14-8-12(22-2)3-4-13(11)14/h3-4,8,10H,5-7,9H2,1-2H3,(H2,17,19). The number of methoxy groups -OCH3 is 2. The molecular formula is C16H20N2O5. The molecule has 0 bridgehead atoms. The predicted molar refractivity (Wildman–Crippen MR) is 84.1 cm³/mol. The van der Waals surface area contributed by atoms with Crippen molar-refractivity contribution >= 4 is 22.8 Å². The molecule has 2 aromatic rings. The number of nitrogens with two attached hydrogens (primary N) is 1. The van der Waals surface area contributed by atoms with Gasteiger partial charge in [0.15, 0.2) is 0 Å². The van der Waals surface area contributed by atoms with Gasteiger partial charge in [-0.3, -0.25) is 9.59 Å². The molecule has 0 saturated heterocycles. The lowest BCUT2D eigenvalue weighted by molar-refractivity contribution is -0.135. The summed E-state index contributed by atoms with van der Waals surface area (Å²) in [5, 5.41) is 0.838. The third-order valence-corrected chi connectivity index (χ3v) is 3.47. The first kappa shape index (κ1) is 16.8. The summed E-state index contributed by atoms with van der Waals surface area (Å²) in [5.41, 5.74) is 6.59. The van der Waals surface area contributed by atoms with Gasteiger partial charge in [-0.25, -0.2) is 0 Å². The van der Waals surface area contributed by atoms with Crippen molar-refractivity contribution in [3.63, 3.8) is 0 Å². The summed E-state index contributed by atoms with van der Waals surface area (Å²) in [6.45, 7) is 0.510. The summed E-state index contributed by atoms with van der Waals surface area (Å²) in [6.07, 6.45) is 1.66. The highest BCUT2D eigenvalue weighted by molar-refractivity contribution is 5.90. The summed E-state index contributed by atoms with van der Waals surface area (Å²) in [4.78, 5) is 24.9. The summed E-state index contributed by atoms with van der Waals surface area (Å²) < 4.78 is 15.6. The van der Waals surface area contributed by atoms with Crippen molar-refractivity contribution in [1.29, 1.82) is 0 Å². The number of carbonyl (C=O) groups excluding carboxylic acids is 2. The normalized spacial score (nSPS) is 10.7. The molecular weight excluding hydrogens is 300 g/mol. The van der Waals surface area contributed by atoms with Gasteiger partial charge in [0.05, 0.1) is 32.9 Å². The summed E-state index contributed by atoms with van der Waals surface area (Å²) in [6, 6.07) is 5.40. The van der Waals surface area contributed by atoms with Gasteiger partial charge < -0.3 is 24.5 Å². The molecule has 1 heterocycles. The van der Waals surface area contributed by atoms with E-state index in [1.54, 1.807) is 25.5 Å². The average molecular weight is 320 g/mol. The number of nitrogens with zero attached hydrogens (tertiary/aromatic N) is 1.